The molecule has 0 radical (unpaired) electrons. The molecule has 0 aliphatic rings. The van der Waals surface area contributed by atoms with E-state index in [1.807, 2.05) is 10.9 Å². The molecule has 0 bridgehead atoms. The number of aryl methyl sites for hydroxylation is 1. The maximum atomic E-state index is 6.32. The fourth-order valence-corrected chi connectivity index (χ4v) is 2.97. The van der Waals surface area contributed by atoms with Crippen LogP contribution in [0.4, 0.5) is 0 Å². The summed E-state index contributed by atoms with van der Waals surface area (Å²) in [6.45, 7) is 6.42. The molecule has 4 heteroatoms. The first-order valence-corrected chi connectivity index (χ1v) is 7.86. The highest BCUT2D eigenvalue weighted by molar-refractivity contribution is 9.10. The van der Waals surface area contributed by atoms with Crippen LogP contribution in [0.2, 0.25) is 0 Å². The maximum absolute atomic E-state index is 6.32. The van der Waals surface area contributed by atoms with Crippen LogP contribution in [0.1, 0.15) is 49.2 Å². The topological polar surface area (TPSA) is 43.8 Å². The van der Waals surface area contributed by atoms with Crippen LogP contribution in [-0.2, 0) is 6.42 Å². The lowest BCUT2D eigenvalue weighted by Crippen LogP contribution is -2.15. The summed E-state index contributed by atoms with van der Waals surface area (Å²) >= 11 is 3.60. The largest absolute Gasteiger partial charge is 0.324 e. The van der Waals surface area contributed by atoms with Crippen molar-refractivity contribution in [3.05, 3.63) is 51.8 Å². The van der Waals surface area contributed by atoms with Crippen LogP contribution in [-0.4, -0.2) is 9.78 Å². The summed E-state index contributed by atoms with van der Waals surface area (Å²) in [5.41, 5.74) is 9.73. The van der Waals surface area contributed by atoms with E-state index in [0.717, 1.165) is 28.6 Å². The van der Waals surface area contributed by atoms with Crippen LogP contribution in [0.5, 0.6) is 0 Å². The molecule has 1 aromatic heterocycles. The summed E-state index contributed by atoms with van der Waals surface area (Å²) in [6, 6.07) is 8.76. The highest BCUT2D eigenvalue weighted by atomic mass is 79.9. The number of halogens is 1. The number of hydrogen-bond donors (Lipinski definition) is 1. The van der Waals surface area contributed by atoms with Crippen LogP contribution in [0, 0.1) is 6.92 Å². The van der Waals surface area contributed by atoms with Crippen LogP contribution in [0.25, 0.3) is 0 Å². The summed E-state index contributed by atoms with van der Waals surface area (Å²) < 4.78 is 3.10. The van der Waals surface area contributed by atoms with Gasteiger partial charge >= 0.3 is 0 Å². The van der Waals surface area contributed by atoms with Gasteiger partial charge in [0.2, 0.25) is 0 Å². The van der Waals surface area contributed by atoms with Crippen molar-refractivity contribution in [2.45, 2.75) is 45.7 Å². The van der Waals surface area contributed by atoms with Gasteiger partial charge in [-0.05, 0) is 43.5 Å². The van der Waals surface area contributed by atoms with Crippen molar-refractivity contribution in [3.63, 3.8) is 0 Å². The Bertz CT molecular complexity index is 577. The van der Waals surface area contributed by atoms with E-state index in [4.69, 9.17) is 5.73 Å². The van der Waals surface area contributed by atoms with Gasteiger partial charge in [0.1, 0.15) is 0 Å². The number of nitrogens with two attached hydrogens (primary N) is 1. The molecule has 2 rings (SSSR count). The van der Waals surface area contributed by atoms with Crippen molar-refractivity contribution in [3.8, 4) is 0 Å². The van der Waals surface area contributed by atoms with Gasteiger partial charge in [-0.1, -0.05) is 35.0 Å². The highest BCUT2D eigenvalue weighted by Crippen LogP contribution is 2.25. The van der Waals surface area contributed by atoms with Crippen LogP contribution >= 0.6 is 15.9 Å². The Labute approximate surface area is 129 Å². The molecule has 20 heavy (non-hydrogen) atoms. The Morgan fingerprint density at radius 1 is 1.35 bits per heavy atom. The first-order chi connectivity index (χ1) is 9.51. The Hall–Kier alpha value is -1.13. The van der Waals surface area contributed by atoms with Crippen LogP contribution < -0.4 is 5.73 Å². The number of benzene rings is 1. The van der Waals surface area contributed by atoms with E-state index in [0.29, 0.717) is 6.04 Å². The first kappa shape index (κ1) is 15.3. The normalized spacial score (nSPS) is 14.2. The number of rotatable bonds is 5. The van der Waals surface area contributed by atoms with Gasteiger partial charge in [0.25, 0.3) is 0 Å². The van der Waals surface area contributed by atoms with Gasteiger partial charge in [-0.25, -0.2) is 0 Å². The van der Waals surface area contributed by atoms with Gasteiger partial charge in [0, 0.05) is 29.2 Å². The molecular formula is C16H22BrN3. The zero-order valence-electron chi connectivity index (χ0n) is 12.3. The first-order valence-electron chi connectivity index (χ1n) is 7.07. The second kappa shape index (κ2) is 6.55. The van der Waals surface area contributed by atoms with Gasteiger partial charge < -0.3 is 5.73 Å². The standard InChI is InChI=1S/C16H22BrN3/c1-4-12(3)20-8-7-13(19-20)10-16(18)14-6-5-11(2)9-15(14)17/h5-9,12,16H,4,10,18H2,1-3H3. The van der Waals surface area contributed by atoms with Crippen LogP contribution in [0.3, 0.4) is 0 Å². The molecule has 2 N–H and O–H groups in total. The van der Waals surface area contributed by atoms with E-state index >= 15 is 0 Å². The number of hydrogen-bond acceptors (Lipinski definition) is 2. The summed E-state index contributed by atoms with van der Waals surface area (Å²) in [7, 11) is 0. The van der Waals surface area contributed by atoms with Gasteiger partial charge in [-0.2, -0.15) is 5.10 Å². The highest BCUT2D eigenvalue weighted by Gasteiger charge is 2.13. The Morgan fingerprint density at radius 2 is 2.10 bits per heavy atom. The minimum atomic E-state index is -0.0368. The molecule has 0 saturated carbocycles. The van der Waals surface area contributed by atoms with E-state index in [1.165, 1.54) is 5.56 Å². The molecule has 3 nitrogen and oxygen atoms in total. The Morgan fingerprint density at radius 3 is 2.75 bits per heavy atom. The average Bonchev–Trinajstić information content (AvgIpc) is 2.86. The van der Waals surface area contributed by atoms with Gasteiger partial charge in [0.15, 0.2) is 0 Å². The van der Waals surface area contributed by atoms with Gasteiger partial charge in [0.05, 0.1) is 5.69 Å². The fraction of sp³-hybridized carbons (Fsp3) is 0.438. The molecule has 2 aromatic rings. The molecule has 0 aliphatic heterocycles. The van der Waals surface area contributed by atoms with Crippen molar-refractivity contribution in [1.29, 1.82) is 0 Å². The molecule has 1 heterocycles. The minimum absolute atomic E-state index is 0.0368. The van der Waals surface area contributed by atoms with E-state index in [-0.39, 0.29) is 6.04 Å². The quantitative estimate of drug-likeness (QED) is 0.891. The molecule has 2 atom stereocenters. The minimum Gasteiger partial charge on any atom is -0.324 e. The molecule has 1 aromatic carbocycles. The average molecular weight is 336 g/mol. The van der Waals surface area contributed by atoms with E-state index < -0.39 is 0 Å². The number of nitrogens with zero attached hydrogens (tertiary/aromatic N) is 2. The summed E-state index contributed by atoms with van der Waals surface area (Å²) in [5, 5.41) is 4.62. The van der Waals surface area contributed by atoms with Crippen LogP contribution in [0.15, 0.2) is 34.9 Å². The molecule has 2 unspecified atom stereocenters. The third kappa shape index (κ3) is 3.49. The van der Waals surface area contributed by atoms with Crippen molar-refractivity contribution >= 4 is 15.9 Å². The van der Waals surface area contributed by atoms with Gasteiger partial charge in [-0.15, -0.1) is 0 Å². The second-order valence-corrected chi connectivity index (χ2v) is 6.23. The van der Waals surface area contributed by atoms with Crippen molar-refractivity contribution in [2.24, 2.45) is 5.73 Å². The third-order valence-corrected chi connectivity index (χ3v) is 4.38. The SMILES string of the molecule is CCC(C)n1ccc(CC(N)c2ccc(C)cc2Br)n1. The molecule has 0 amide bonds. The third-order valence-electron chi connectivity index (χ3n) is 3.69. The van der Waals surface area contributed by atoms with E-state index in [1.54, 1.807) is 0 Å². The monoisotopic (exact) mass is 335 g/mol. The molecule has 0 spiro atoms. The van der Waals surface area contributed by atoms with Gasteiger partial charge in [-0.3, -0.25) is 4.68 Å². The lowest BCUT2D eigenvalue weighted by molar-refractivity contribution is 0.472. The van der Waals surface area contributed by atoms with Crippen molar-refractivity contribution in [2.75, 3.05) is 0 Å². The van der Waals surface area contributed by atoms with Crippen molar-refractivity contribution in [1.82, 2.24) is 9.78 Å². The predicted octanol–water partition coefficient (Wildman–Crippen LogP) is 4.17. The fourth-order valence-electron chi connectivity index (χ4n) is 2.19. The Kier molecular flexibility index (Phi) is 5.00. The van der Waals surface area contributed by atoms with Crippen molar-refractivity contribution < 1.29 is 0 Å². The molecule has 0 saturated heterocycles. The smallest absolute Gasteiger partial charge is 0.0643 e. The summed E-state index contributed by atoms with van der Waals surface area (Å²) in [6.07, 6.45) is 3.88. The Balaban J connectivity index is 2.11. The zero-order valence-corrected chi connectivity index (χ0v) is 13.9. The molecule has 0 aliphatic carbocycles. The second-order valence-electron chi connectivity index (χ2n) is 5.38. The zero-order chi connectivity index (χ0) is 14.7. The maximum Gasteiger partial charge on any atom is 0.0643 e. The lowest BCUT2D eigenvalue weighted by atomic mass is 10.0. The van der Waals surface area contributed by atoms with E-state index in [9.17, 15) is 0 Å². The molecule has 0 fully saturated rings. The summed E-state index contributed by atoms with van der Waals surface area (Å²) in [5.74, 6) is 0. The lowest BCUT2D eigenvalue weighted by Gasteiger charge is -2.13. The van der Waals surface area contributed by atoms with E-state index in [2.05, 4.69) is 66.1 Å². The summed E-state index contributed by atoms with van der Waals surface area (Å²) in [4.78, 5) is 0. The predicted molar refractivity (Wildman–Crippen MR) is 86.7 cm³/mol. The number of aromatic nitrogens is 2. The molecule has 108 valence electrons. The molecular weight excluding hydrogens is 314 g/mol.